The largest absolute Gasteiger partial charge is 0.415 e. The van der Waals surface area contributed by atoms with Gasteiger partial charge < -0.3 is 0 Å². The van der Waals surface area contributed by atoms with Crippen molar-refractivity contribution in [2.45, 2.75) is 18.5 Å². The van der Waals surface area contributed by atoms with E-state index in [0.29, 0.717) is 0 Å². The molecule has 54 heavy (non-hydrogen) atoms. The van der Waals surface area contributed by atoms with E-state index < -0.39 is 151 Å². The molecule has 3 nitrogen and oxygen atoms in total. The second-order valence-electron chi connectivity index (χ2n) is 11.3. The first-order chi connectivity index (χ1) is 24.6. The Bertz CT molecular complexity index is 2090. The quantitative estimate of drug-likeness (QED) is 0.156. The summed E-state index contributed by atoms with van der Waals surface area (Å²) in [7, 11) is 69.7. The van der Waals surface area contributed by atoms with Crippen LogP contribution in [0.5, 0.6) is 0 Å². The van der Waals surface area contributed by atoms with E-state index in [2.05, 4.69) is 0 Å². The highest BCUT2D eigenvalue weighted by molar-refractivity contribution is 6.62. The van der Waals surface area contributed by atoms with Crippen LogP contribution >= 0.6 is 0 Å². The molecule has 0 bridgehead atoms. The molecule has 0 N–H and O–H groups in total. The molecule has 0 atom stereocenters. The lowest BCUT2D eigenvalue weighted by Crippen LogP contribution is -2.49. The molecule has 0 spiro atoms. The average molecular weight is 703 g/mol. The van der Waals surface area contributed by atoms with Crippen molar-refractivity contribution in [1.82, 2.24) is 0 Å². The topological polar surface area (TPSA) is 71.4 Å². The van der Waals surface area contributed by atoms with E-state index in [4.69, 9.17) is 94.2 Å². The summed E-state index contributed by atoms with van der Waals surface area (Å²) in [4.78, 5) is 0. The van der Waals surface area contributed by atoms with Gasteiger partial charge in [0.05, 0.1) is 16.7 Å². The number of alkyl halides is 9. The monoisotopic (exact) mass is 705 g/mol. The standard InChI is InChI=1S/C30B12F9N3/c31-16-10(17(32)23(38)13(22(16)37)28(43,44)45)4(1-52)7-8(5(2-53)11-18(33)24(39)14(29(46,47)48)25(40)19(11)34)9(7)6(3-54)12-20(35)26(41)15(30(49,50)51)27(42)21(12)36. The van der Waals surface area contributed by atoms with Gasteiger partial charge in [0.2, 0.25) is 0 Å². The summed E-state index contributed by atoms with van der Waals surface area (Å²) in [5.74, 6) is 0. The molecular weight excluding hydrogens is 703 g/mol. The normalized spacial score (nSPS) is 12.9. The van der Waals surface area contributed by atoms with Crippen molar-refractivity contribution in [3.8, 4) is 18.2 Å². The molecule has 3 aromatic rings. The number of nitriles is 3. The average Bonchev–Trinajstić information content (AvgIpc) is 3.76. The van der Waals surface area contributed by atoms with Gasteiger partial charge in [-0.1, -0.05) is 65.6 Å². The SMILES string of the molecule is [B]c1c([B])c(C(F)(F)F)c([B])c([B])c1C(C#N)=C1C(=C(C#N)c2c([B])c([B])c(C(F)(F)F)c([B])c2[B])C1=C(C#N)c1c([B])c([B])c(C(F)(F)F)c([B])c1[B]. The Morgan fingerprint density at radius 1 is 0.315 bits per heavy atom. The summed E-state index contributed by atoms with van der Waals surface area (Å²) in [5, 5.41) is 31.3. The molecule has 0 amide bonds. The van der Waals surface area contributed by atoms with Crippen molar-refractivity contribution >= 4 is 176 Å². The van der Waals surface area contributed by atoms with E-state index in [1.165, 1.54) is 0 Å². The highest BCUT2D eigenvalue weighted by Crippen LogP contribution is 2.55. The predicted molar refractivity (Wildman–Crippen MR) is 197 cm³/mol. The van der Waals surface area contributed by atoms with Gasteiger partial charge in [0.15, 0.2) is 0 Å². The van der Waals surface area contributed by atoms with Gasteiger partial charge in [-0.15, -0.1) is 0 Å². The zero-order chi connectivity index (χ0) is 41.5. The molecule has 24 radical (unpaired) electrons. The van der Waals surface area contributed by atoms with Crippen molar-refractivity contribution in [3.05, 3.63) is 50.1 Å². The van der Waals surface area contributed by atoms with Crippen LogP contribution in [0.25, 0.3) is 16.7 Å². The molecule has 0 aromatic heterocycles. The minimum atomic E-state index is -5.25. The number of nitrogens with zero attached hydrogens (tertiary/aromatic N) is 3. The molecular formula is C30B12F9N3. The molecule has 3 aromatic carbocycles. The van der Waals surface area contributed by atoms with Crippen LogP contribution in [0.2, 0.25) is 0 Å². The smallest absolute Gasteiger partial charge is 0.192 e. The van der Waals surface area contributed by atoms with Crippen molar-refractivity contribution < 1.29 is 39.5 Å². The lowest BCUT2D eigenvalue weighted by Gasteiger charge is -2.23. The predicted octanol–water partition coefficient (Wildman–Crippen LogP) is -5.49. The first-order valence-electron chi connectivity index (χ1n) is 14.1. The number of hydrogen-bond acceptors (Lipinski definition) is 3. The minimum absolute atomic E-state index is 0.658. The van der Waals surface area contributed by atoms with E-state index in [1.807, 2.05) is 0 Å². The third-order valence-electron chi connectivity index (χ3n) is 8.35. The number of halogens is 9. The number of rotatable bonds is 3. The molecule has 0 aliphatic heterocycles. The zero-order valence-electron chi connectivity index (χ0n) is 26.7. The Labute approximate surface area is 317 Å². The van der Waals surface area contributed by atoms with E-state index in [0.717, 1.165) is 0 Å². The molecule has 1 saturated carbocycles. The Morgan fingerprint density at radius 2 is 0.463 bits per heavy atom. The van der Waals surface area contributed by atoms with Crippen LogP contribution in [0, 0.1) is 34.0 Å². The van der Waals surface area contributed by atoms with E-state index >= 15 is 0 Å². The molecule has 24 heteroatoms. The van der Waals surface area contributed by atoms with Gasteiger partial charge in [-0.3, -0.25) is 0 Å². The van der Waals surface area contributed by atoms with Gasteiger partial charge >= 0.3 is 18.5 Å². The van der Waals surface area contributed by atoms with Crippen LogP contribution in [0.4, 0.5) is 39.5 Å². The van der Waals surface area contributed by atoms with Crippen molar-refractivity contribution in [2.24, 2.45) is 0 Å². The lowest BCUT2D eigenvalue weighted by atomic mass is 9.62. The lowest BCUT2D eigenvalue weighted by molar-refractivity contribution is -0.136. The minimum Gasteiger partial charge on any atom is -0.192 e. The fourth-order valence-electron chi connectivity index (χ4n) is 5.86. The van der Waals surface area contributed by atoms with Crippen molar-refractivity contribution in [3.63, 3.8) is 0 Å². The molecule has 4 rings (SSSR count). The number of hydrogen-bond donors (Lipinski definition) is 0. The van der Waals surface area contributed by atoms with Crippen molar-refractivity contribution in [1.29, 1.82) is 15.8 Å². The Hall–Kier alpha value is -4.50. The first-order valence-corrected chi connectivity index (χ1v) is 14.1. The first kappa shape index (κ1) is 42.2. The number of benzene rings is 3. The van der Waals surface area contributed by atoms with Gasteiger partial charge in [0.1, 0.15) is 112 Å². The molecule has 0 saturated heterocycles. The zero-order valence-corrected chi connectivity index (χ0v) is 26.7. The van der Waals surface area contributed by atoms with E-state index in [-0.39, 0.29) is 0 Å². The third-order valence-corrected chi connectivity index (χ3v) is 8.35. The van der Waals surface area contributed by atoms with Crippen LogP contribution in [0.1, 0.15) is 33.4 Å². The Balaban J connectivity index is 2.38. The molecule has 1 aliphatic rings. The van der Waals surface area contributed by atoms with Crippen LogP contribution in [-0.2, 0) is 18.5 Å². The summed E-state index contributed by atoms with van der Waals surface area (Å²) in [6.45, 7) is 0. The Kier molecular flexibility index (Phi) is 10.9. The van der Waals surface area contributed by atoms with Crippen LogP contribution in [0.15, 0.2) is 16.7 Å². The van der Waals surface area contributed by atoms with Crippen LogP contribution < -0.4 is 65.6 Å². The van der Waals surface area contributed by atoms with Crippen molar-refractivity contribution in [2.75, 3.05) is 0 Å². The third kappa shape index (κ3) is 6.52. The summed E-state index contributed by atoms with van der Waals surface area (Å²) < 4.78 is 125. The van der Waals surface area contributed by atoms with Gasteiger partial charge in [-0.25, -0.2) is 0 Å². The maximum Gasteiger partial charge on any atom is 0.415 e. The molecule has 0 heterocycles. The molecule has 0 unspecified atom stereocenters. The fourth-order valence-corrected chi connectivity index (χ4v) is 5.86. The second kappa shape index (κ2) is 14.0. The molecule has 1 aliphatic carbocycles. The second-order valence-corrected chi connectivity index (χ2v) is 11.3. The van der Waals surface area contributed by atoms with Gasteiger partial charge in [-0.05, 0) is 16.7 Å². The Morgan fingerprint density at radius 3 is 0.574 bits per heavy atom. The van der Waals surface area contributed by atoms with Crippen LogP contribution in [0.3, 0.4) is 0 Å². The maximum atomic E-state index is 13.9. The summed E-state index contributed by atoms with van der Waals surface area (Å²) in [6.07, 6.45) is -15.7. The molecule has 1 fully saturated rings. The van der Waals surface area contributed by atoms with Gasteiger partial charge in [-0.2, -0.15) is 55.3 Å². The van der Waals surface area contributed by atoms with Gasteiger partial charge in [0, 0.05) is 33.4 Å². The van der Waals surface area contributed by atoms with Gasteiger partial charge in [0.25, 0.3) is 0 Å². The van der Waals surface area contributed by atoms with E-state index in [9.17, 15) is 55.3 Å². The number of allylic oxidation sites excluding steroid dienone is 6. The summed E-state index contributed by atoms with van der Waals surface area (Å²) >= 11 is 0. The highest BCUT2D eigenvalue weighted by atomic mass is 19.4. The fraction of sp³-hybridized carbons (Fsp3) is 0.100. The maximum absolute atomic E-state index is 13.9. The van der Waals surface area contributed by atoms with Crippen LogP contribution in [-0.4, -0.2) is 94.2 Å². The highest BCUT2D eigenvalue weighted by Gasteiger charge is 2.45. The van der Waals surface area contributed by atoms with E-state index in [1.54, 1.807) is 18.2 Å². The summed E-state index contributed by atoms with van der Waals surface area (Å²) in [6, 6.07) is 4.73. The molecule has 234 valence electrons. The summed E-state index contributed by atoms with van der Waals surface area (Å²) in [5.41, 5.74) is -25.6.